The van der Waals surface area contributed by atoms with E-state index in [1.807, 2.05) is 0 Å². The van der Waals surface area contributed by atoms with Crippen molar-refractivity contribution in [2.24, 2.45) is 0 Å². The first-order valence-corrected chi connectivity index (χ1v) is 10.6. The van der Waals surface area contributed by atoms with E-state index >= 15 is 0 Å². The normalized spacial score (nSPS) is 12.3. The summed E-state index contributed by atoms with van der Waals surface area (Å²) >= 11 is 0. The molecule has 1 N–H and O–H groups in total. The van der Waals surface area contributed by atoms with Crippen LogP contribution in [0.25, 0.3) is 0 Å². The standard InChI is InChI=1S/C18H35O4P/c1-3-5-7-9-11-13-15-17-21-23(19,20)22-18-16-14-12-10-8-6-4-2/h15-18H,3-14H2,1-2H3,(H,19,20)/b17-15+,18-16+. The van der Waals surface area contributed by atoms with Gasteiger partial charge in [-0.1, -0.05) is 65.2 Å². The van der Waals surface area contributed by atoms with E-state index in [0.717, 1.165) is 25.7 Å². The van der Waals surface area contributed by atoms with E-state index < -0.39 is 7.82 Å². The molecule has 0 spiro atoms. The monoisotopic (exact) mass is 346 g/mol. The Kier molecular flexibility index (Phi) is 15.6. The Morgan fingerprint density at radius 1 is 0.739 bits per heavy atom. The van der Waals surface area contributed by atoms with Crippen molar-refractivity contribution in [3.05, 3.63) is 24.7 Å². The van der Waals surface area contributed by atoms with Crippen molar-refractivity contribution in [1.29, 1.82) is 0 Å². The molecule has 0 fully saturated rings. The molecule has 5 heteroatoms. The summed E-state index contributed by atoms with van der Waals surface area (Å²) in [5, 5.41) is 0. The zero-order valence-electron chi connectivity index (χ0n) is 14.9. The summed E-state index contributed by atoms with van der Waals surface area (Å²) in [6.07, 6.45) is 19.8. The van der Waals surface area contributed by atoms with Gasteiger partial charge in [0.25, 0.3) is 0 Å². The molecule has 0 amide bonds. The molecule has 0 saturated carbocycles. The highest BCUT2D eigenvalue weighted by Crippen LogP contribution is 2.43. The Morgan fingerprint density at radius 2 is 1.13 bits per heavy atom. The van der Waals surface area contributed by atoms with E-state index in [2.05, 4.69) is 13.8 Å². The van der Waals surface area contributed by atoms with Crippen LogP contribution in [-0.4, -0.2) is 4.89 Å². The van der Waals surface area contributed by atoms with E-state index in [1.165, 1.54) is 63.9 Å². The Labute approximate surface area is 142 Å². The third kappa shape index (κ3) is 17.5. The van der Waals surface area contributed by atoms with Crippen molar-refractivity contribution in [3.8, 4) is 0 Å². The van der Waals surface area contributed by atoms with Gasteiger partial charge in [-0.05, 0) is 37.8 Å². The van der Waals surface area contributed by atoms with Gasteiger partial charge < -0.3 is 9.05 Å². The first kappa shape index (κ1) is 22.3. The van der Waals surface area contributed by atoms with Crippen LogP contribution in [0.1, 0.15) is 90.9 Å². The largest absolute Gasteiger partial charge is 0.583 e. The highest BCUT2D eigenvalue weighted by Gasteiger charge is 2.19. The molecule has 136 valence electrons. The number of phosphoric ester groups is 1. The van der Waals surface area contributed by atoms with Crippen LogP contribution in [0, 0.1) is 0 Å². The zero-order valence-corrected chi connectivity index (χ0v) is 15.8. The molecule has 23 heavy (non-hydrogen) atoms. The maximum absolute atomic E-state index is 11.6. The molecule has 0 unspecified atom stereocenters. The topological polar surface area (TPSA) is 55.8 Å². The van der Waals surface area contributed by atoms with Gasteiger partial charge in [-0.2, -0.15) is 0 Å². The average molecular weight is 346 g/mol. The number of hydrogen-bond acceptors (Lipinski definition) is 3. The van der Waals surface area contributed by atoms with E-state index in [9.17, 15) is 9.46 Å². The van der Waals surface area contributed by atoms with E-state index in [0.29, 0.717) is 0 Å². The number of hydrogen-bond donors (Lipinski definition) is 1. The van der Waals surface area contributed by atoms with Gasteiger partial charge in [0, 0.05) is 0 Å². The minimum absolute atomic E-state index is 0.858. The van der Waals surface area contributed by atoms with Gasteiger partial charge in [0.15, 0.2) is 0 Å². The number of unbranched alkanes of at least 4 members (excludes halogenated alkanes) is 10. The summed E-state index contributed by atoms with van der Waals surface area (Å²) in [5.41, 5.74) is 0. The first-order valence-electron chi connectivity index (χ1n) is 9.12. The van der Waals surface area contributed by atoms with E-state index in [4.69, 9.17) is 9.05 Å². The second-order valence-electron chi connectivity index (χ2n) is 5.83. The Hall–Kier alpha value is -0.730. The van der Waals surface area contributed by atoms with Gasteiger partial charge in [0.2, 0.25) is 0 Å². The second-order valence-corrected chi connectivity index (χ2v) is 7.19. The highest BCUT2D eigenvalue weighted by molar-refractivity contribution is 7.47. The number of rotatable bonds is 16. The highest BCUT2D eigenvalue weighted by atomic mass is 31.2. The predicted molar refractivity (Wildman–Crippen MR) is 97.0 cm³/mol. The Morgan fingerprint density at radius 3 is 1.52 bits per heavy atom. The van der Waals surface area contributed by atoms with Gasteiger partial charge in [0.05, 0.1) is 12.5 Å². The molecule has 4 nitrogen and oxygen atoms in total. The minimum atomic E-state index is -4.00. The Bertz CT molecular complexity index is 323. The van der Waals surface area contributed by atoms with Gasteiger partial charge in [-0.25, -0.2) is 4.57 Å². The van der Waals surface area contributed by atoms with Crippen LogP contribution in [0.5, 0.6) is 0 Å². The molecule has 0 aromatic heterocycles. The Balaban J connectivity index is 3.61. The van der Waals surface area contributed by atoms with Gasteiger partial charge in [0.1, 0.15) is 0 Å². The summed E-state index contributed by atoms with van der Waals surface area (Å²) < 4.78 is 21.1. The maximum Gasteiger partial charge on any atom is 0.583 e. The molecule has 0 aliphatic rings. The smallest absolute Gasteiger partial charge is 0.404 e. The summed E-state index contributed by atoms with van der Waals surface area (Å²) in [7, 11) is -4.00. The maximum atomic E-state index is 11.6. The quantitative estimate of drug-likeness (QED) is 0.188. The fraction of sp³-hybridized carbons (Fsp3) is 0.778. The molecule has 0 saturated heterocycles. The fourth-order valence-electron chi connectivity index (χ4n) is 2.13. The average Bonchev–Trinajstić information content (AvgIpc) is 2.52. The lowest BCUT2D eigenvalue weighted by atomic mass is 10.1. The van der Waals surface area contributed by atoms with Gasteiger partial charge >= 0.3 is 7.82 Å². The molecule has 0 rings (SSSR count). The zero-order chi connectivity index (χ0) is 17.2. The van der Waals surface area contributed by atoms with E-state index in [1.54, 1.807) is 12.2 Å². The van der Waals surface area contributed by atoms with Crippen LogP contribution in [0.4, 0.5) is 0 Å². The molecule has 0 heterocycles. The summed E-state index contributed by atoms with van der Waals surface area (Å²) in [6, 6.07) is 0. The van der Waals surface area contributed by atoms with Crippen LogP contribution in [-0.2, 0) is 13.6 Å². The second kappa shape index (κ2) is 16.1. The molecule has 0 radical (unpaired) electrons. The van der Waals surface area contributed by atoms with Gasteiger partial charge in [-0.3, -0.25) is 4.89 Å². The van der Waals surface area contributed by atoms with Crippen molar-refractivity contribution in [2.75, 3.05) is 0 Å². The lowest BCUT2D eigenvalue weighted by Crippen LogP contribution is -1.84. The van der Waals surface area contributed by atoms with Crippen molar-refractivity contribution in [1.82, 2.24) is 0 Å². The minimum Gasteiger partial charge on any atom is -0.404 e. The molecule has 0 aromatic carbocycles. The third-order valence-electron chi connectivity index (χ3n) is 3.53. The van der Waals surface area contributed by atoms with Crippen molar-refractivity contribution < 1.29 is 18.5 Å². The van der Waals surface area contributed by atoms with Crippen LogP contribution < -0.4 is 0 Å². The van der Waals surface area contributed by atoms with E-state index in [-0.39, 0.29) is 0 Å². The van der Waals surface area contributed by atoms with Crippen molar-refractivity contribution >= 4 is 7.82 Å². The molecule has 0 aliphatic heterocycles. The molecule has 0 atom stereocenters. The molecule has 0 aromatic rings. The van der Waals surface area contributed by atoms with Crippen LogP contribution in [0.3, 0.4) is 0 Å². The van der Waals surface area contributed by atoms with Gasteiger partial charge in [-0.15, -0.1) is 0 Å². The van der Waals surface area contributed by atoms with Crippen LogP contribution in [0.15, 0.2) is 24.7 Å². The molecular formula is C18H35O4P. The molecule has 0 aliphatic carbocycles. The van der Waals surface area contributed by atoms with Crippen molar-refractivity contribution in [2.45, 2.75) is 90.9 Å². The lowest BCUT2D eigenvalue weighted by molar-refractivity contribution is 0.243. The third-order valence-corrected chi connectivity index (χ3v) is 4.31. The lowest BCUT2D eigenvalue weighted by Gasteiger charge is -2.07. The van der Waals surface area contributed by atoms with Crippen LogP contribution in [0.2, 0.25) is 0 Å². The summed E-state index contributed by atoms with van der Waals surface area (Å²) in [5.74, 6) is 0. The van der Waals surface area contributed by atoms with Crippen LogP contribution >= 0.6 is 7.82 Å². The first-order chi connectivity index (χ1) is 11.1. The molecular weight excluding hydrogens is 311 g/mol. The number of allylic oxidation sites excluding steroid dienone is 2. The SMILES string of the molecule is CCCCCCC/C=C/OP(=O)(O)O/C=C/CCCCCCC. The summed E-state index contributed by atoms with van der Waals surface area (Å²) in [4.78, 5) is 9.47. The molecule has 0 bridgehead atoms. The van der Waals surface area contributed by atoms with Crippen molar-refractivity contribution in [3.63, 3.8) is 0 Å². The predicted octanol–water partition coefficient (Wildman–Crippen LogP) is 6.87. The summed E-state index contributed by atoms with van der Waals surface area (Å²) in [6.45, 7) is 4.38. The fourth-order valence-corrected chi connectivity index (χ4v) is 2.66. The number of phosphoric acid groups is 1.